The second-order valence-corrected chi connectivity index (χ2v) is 3.31. The minimum absolute atomic E-state index is 0.0172. The summed E-state index contributed by atoms with van der Waals surface area (Å²) in [4.78, 5) is 11.4. The van der Waals surface area contributed by atoms with Gasteiger partial charge in [-0.1, -0.05) is 0 Å². The number of nitrogens with two attached hydrogens (primary N) is 1. The molecule has 2 rings (SSSR count). The third-order valence-electron chi connectivity index (χ3n) is 2.39. The Bertz CT molecular complexity index is 405. The van der Waals surface area contributed by atoms with Gasteiger partial charge in [-0.2, -0.15) is 0 Å². The van der Waals surface area contributed by atoms with Gasteiger partial charge in [0.25, 0.3) is 5.91 Å². The minimum Gasteiger partial charge on any atom is -0.508 e. The van der Waals surface area contributed by atoms with E-state index in [1.165, 1.54) is 12.1 Å². The lowest BCUT2D eigenvalue weighted by molar-refractivity contribution is -0.122. The number of anilines is 1. The molecule has 1 amide bonds. The zero-order chi connectivity index (χ0) is 10.3. The molecule has 1 atom stereocenters. The van der Waals surface area contributed by atoms with Crippen LogP contribution in [-0.4, -0.2) is 22.7 Å². The highest BCUT2D eigenvalue weighted by Gasteiger charge is 2.43. The molecule has 1 aromatic rings. The van der Waals surface area contributed by atoms with E-state index >= 15 is 0 Å². The Morgan fingerprint density at radius 3 is 2.86 bits per heavy atom. The van der Waals surface area contributed by atoms with Gasteiger partial charge in [-0.25, -0.2) is 0 Å². The number of phenols is 1. The summed E-state index contributed by atoms with van der Waals surface area (Å²) >= 11 is 0. The fraction of sp³-hybridized carbons (Fsp3) is 0.222. The highest BCUT2D eigenvalue weighted by molar-refractivity contribution is 6.06. The van der Waals surface area contributed by atoms with Crippen molar-refractivity contribution in [1.29, 1.82) is 0 Å². The number of hydrogen-bond acceptors (Lipinski definition) is 4. The molecule has 0 bridgehead atoms. The van der Waals surface area contributed by atoms with E-state index in [0.29, 0.717) is 11.3 Å². The maximum Gasteiger partial charge on any atom is 0.251 e. The number of rotatable bonds is 1. The molecular formula is C9H10N2O3. The fourth-order valence-corrected chi connectivity index (χ4v) is 1.52. The Morgan fingerprint density at radius 2 is 2.21 bits per heavy atom. The van der Waals surface area contributed by atoms with Gasteiger partial charge in [-0.3, -0.25) is 4.79 Å². The predicted molar refractivity (Wildman–Crippen MR) is 49.7 cm³/mol. The number of aliphatic hydroxyl groups excluding tert-OH is 1. The lowest BCUT2D eigenvalue weighted by Gasteiger charge is -2.18. The highest BCUT2D eigenvalue weighted by atomic mass is 16.3. The normalized spacial score (nSPS) is 24.6. The molecule has 0 aromatic heterocycles. The maximum atomic E-state index is 11.4. The summed E-state index contributed by atoms with van der Waals surface area (Å²) in [5.41, 5.74) is 5.23. The summed E-state index contributed by atoms with van der Waals surface area (Å²) in [5.74, 6) is -0.441. The molecule has 0 unspecified atom stereocenters. The van der Waals surface area contributed by atoms with Crippen molar-refractivity contribution in [2.45, 2.75) is 5.54 Å². The number of nitrogens with one attached hydrogen (secondary N) is 1. The number of amides is 1. The number of phenolic OH excluding ortho intramolecular Hbond substituents is 1. The third kappa shape index (κ3) is 0.997. The van der Waals surface area contributed by atoms with Gasteiger partial charge >= 0.3 is 0 Å². The molecule has 0 spiro atoms. The van der Waals surface area contributed by atoms with Gasteiger partial charge < -0.3 is 21.3 Å². The average Bonchev–Trinajstić information content (AvgIpc) is 2.41. The molecule has 1 aromatic carbocycles. The molecule has 0 radical (unpaired) electrons. The fourth-order valence-electron chi connectivity index (χ4n) is 1.52. The second kappa shape index (κ2) is 2.70. The topological polar surface area (TPSA) is 95.6 Å². The molecular weight excluding hydrogens is 184 g/mol. The Hall–Kier alpha value is -1.59. The smallest absolute Gasteiger partial charge is 0.251 e. The lowest BCUT2D eigenvalue weighted by atomic mass is 9.93. The monoisotopic (exact) mass is 194 g/mol. The molecule has 0 fully saturated rings. The molecule has 74 valence electrons. The zero-order valence-corrected chi connectivity index (χ0v) is 7.32. The summed E-state index contributed by atoms with van der Waals surface area (Å²) in [5, 5.41) is 20.8. The number of benzene rings is 1. The first-order valence-corrected chi connectivity index (χ1v) is 4.12. The third-order valence-corrected chi connectivity index (χ3v) is 2.39. The second-order valence-electron chi connectivity index (χ2n) is 3.31. The molecule has 5 N–H and O–H groups in total. The summed E-state index contributed by atoms with van der Waals surface area (Å²) in [6.45, 7) is -0.491. The van der Waals surface area contributed by atoms with E-state index in [1.807, 2.05) is 0 Å². The quantitative estimate of drug-likeness (QED) is 0.453. The van der Waals surface area contributed by atoms with Crippen LogP contribution in [0.5, 0.6) is 5.75 Å². The Morgan fingerprint density at radius 1 is 1.50 bits per heavy atom. The van der Waals surface area contributed by atoms with Crippen LogP contribution in [0.15, 0.2) is 18.2 Å². The molecule has 5 heteroatoms. The van der Waals surface area contributed by atoms with E-state index in [0.717, 1.165) is 0 Å². The van der Waals surface area contributed by atoms with Crippen LogP contribution in [0.1, 0.15) is 5.56 Å². The number of carbonyl (C=O) groups is 1. The van der Waals surface area contributed by atoms with Crippen LogP contribution in [0, 0.1) is 0 Å². The first-order valence-electron chi connectivity index (χ1n) is 4.12. The van der Waals surface area contributed by atoms with Crippen molar-refractivity contribution in [2.75, 3.05) is 11.9 Å². The van der Waals surface area contributed by atoms with Crippen molar-refractivity contribution < 1.29 is 15.0 Å². The van der Waals surface area contributed by atoms with Crippen LogP contribution in [-0.2, 0) is 10.3 Å². The van der Waals surface area contributed by atoms with Gasteiger partial charge in [0.05, 0.1) is 6.61 Å². The highest BCUT2D eigenvalue weighted by Crippen LogP contribution is 2.35. The molecule has 1 aliphatic heterocycles. The van der Waals surface area contributed by atoms with Crippen molar-refractivity contribution in [2.24, 2.45) is 5.73 Å². The van der Waals surface area contributed by atoms with Crippen LogP contribution in [0.25, 0.3) is 0 Å². The van der Waals surface area contributed by atoms with Crippen molar-refractivity contribution in [1.82, 2.24) is 0 Å². The molecule has 0 aliphatic carbocycles. The lowest BCUT2D eigenvalue weighted by Crippen LogP contribution is -2.46. The van der Waals surface area contributed by atoms with Crippen molar-refractivity contribution in [3.05, 3.63) is 23.8 Å². The van der Waals surface area contributed by atoms with Gasteiger partial charge in [-0.15, -0.1) is 0 Å². The van der Waals surface area contributed by atoms with Crippen LogP contribution in [0.4, 0.5) is 5.69 Å². The van der Waals surface area contributed by atoms with Crippen LogP contribution < -0.4 is 11.1 Å². The number of aliphatic hydroxyl groups is 1. The SMILES string of the molecule is N[C@]1(CO)C(=O)Nc2ccc(O)cc21. The first-order chi connectivity index (χ1) is 6.58. The predicted octanol–water partition coefficient (Wildman–Crippen LogP) is -0.509. The van der Waals surface area contributed by atoms with E-state index in [4.69, 9.17) is 10.8 Å². The van der Waals surface area contributed by atoms with E-state index in [1.54, 1.807) is 6.07 Å². The zero-order valence-electron chi connectivity index (χ0n) is 7.32. The van der Waals surface area contributed by atoms with E-state index in [2.05, 4.69) is 5.32 Å². The number of carbonyl (C=O) groups excluding carboxylic acids is 1. The molecule has 1 heterocycles. The summed E-state index contributed by atoms with van der Waals surface area (Å²) in [7, 11) is 0. The molecule has 0 saturated heterocycles. The van der Waals surface area contributed by atoms with E-state index in [-0.39, 0.29) is 5.75 Å². The van der Waals surface area contributed by atoms with Gasteiger partial charge in [-0.05, 0) is 18.2 Å². The van der Waals surface area contributed by atoms with Crippen molar-refractivity contribution >= 4 is 11.6 Å². The Kier molecular flexibility index (Phi) is 1.73. The summed E-state index contributed by atoms with van der Waals surface area (Å²) in [6, 6.07) is 4.37. The van der Waals surface area contributed by atoms with Gasteiger partial charge in [0.1, 0.15) is 11.3 Å². The summed E-state index contributed by atoms with van der Waals surface area (Å²) in [6.07, 6.45) is 0. The number of hydrogen-bond donors (Lipinski definition) is 4. The Labute approximate surface area is 80.2 Å². The maximum absolute atomic E-state index is 11.4. The van der Waals surface area contributed by atoms with Crippen LogP contribution in [0.2, 0.25) is 0 Å². The van der Waals surface area contributed by atoms with Crippen molar-refractivity contribution in [3.63, 3.8) is 0 Å². The Balaban J connectivity index is 2.61. The van der Waals surface area contributed by atoms with Crippen LogP contribution >= 0.6 is 0 Å². The average molecular weight is 194 g/mol. The van der Waals surface area contributed by atoms with Gasteiger partial charge in [0.2, 0.25) is 0 Å². The minimum atomic E-state index is -1.44. The molecule has 1 aliphatic rings. The van der Waals surface area contributed by atoms with Gasteiger partial charge in [0, 0.05) is 11.3 Å². The van der Waals surface area contributed by atoms with Crippen molar-refractivity contribution in [3.8, 4) is 5.75 Å². The molecule has 0 saturated carbocycles. The molecule has 14 heavy (non-hydrogen) atoms. The van der Waals surface area contributed by atoms with Gasteiger partial charge in [0.15, 0.2) is 0 Å². The van der Waals surface area contributed by atoms with Crippen LogP contribution in [0.3, 0.4) is 0 Å². The number of aromatic hydroxyl groups is 1. The van der Waals surface area contributed by atoms with E-state index < -0.39 is 18.1 Å². The number of fused-ring (bicyclic) bond motifs is 1. The first kappa shape index (κ1) is 8.98. The largest absolute Gasteiger partial charge is 0.508 e. The summed E-state index contributed by atoms with van der Waals surface area (Å²) < 4.78 is 0. The molecule has 5 nitrogen and oxygen atoms in total. The van der Waals surface area contributed by atoms with E-state index in [9.17, 15) is 9.90 Å². The standard InChI is InChI=1S/C9H10N2O3/c10-9(4-12)6-3-5(13)1-2-7(6)11-8(9)14/h1-3,12-13H,4,10H2,(H,11,14)/t9-/m0/s1.